The van der Waals surface area contributed by atoms with Crippen molar-refractivity contribution < 1.29 is 18.3 Å². The van der Waals surface area contributed by atoms with Crippen LogP contribution in [-0.4, -0.2) is 42.7 Å². The Labute approximate surface area is 157 Å². The van der Waals surface area contributed by atoms with Gasteiger partial charge >= 0.3 is 5.97 Å². The van der Waals surface area contributed by atoms with E-state index in [1.54, 1.807) is 30.0 Å². The third kappa shape index (κ3) is 6.89. The highest BCUT2D eigenvalue weighted by molar-refractivity contribution is 8.14. The van der Waals surface area contributed by atoms with Crippen LogP contribution in [0.2, 0.25) is 0 Å². The van der Waals surface area contributed by atoms with Crippen LogP contribution in [0.5, 0.6) is 0 Å². The Morgan fingerprint density at radius 1 is 1.08 bits per heavy atom. The highest BCUT2D eigenvalue weighted by Crippen LogP contribution is 2.10. The lowest BCUT2D eigenvalue weighted by Crippen LogP contribution is -2.17. The average molecular weight is 393 g/mol. The highest BCUT2D eigenvalue weighted by Gasteiger charge is 2.17. The van der Waals surface area contributed by atoms with Gasteiger partial charge in [0.2, 0.25) is 0 Å². The van der Waals surface area contributed by atoms with Crippen molar-refractivity contribution in [3.8, 4) is 0 Å². The van der Waals surface area contributed by atoms with Gasteiger partial charge in [0.15, 0.2) is 20.8 Å². The second-order valence-electron chi connectivity index (χ2n) is 5.34. The van der Waals surface area contributed by atoms with Gasteiger partial charge in [-0.3, -0.25) is 9.79 Å². The fourth-order valence-electron chi connectivity index (χ4n) is 2.09. The molecule has 1 aliphatic rings. The zero-order chi connectivity index (χ0) is 18.8. The molecule has 1 heterocycles. The van der Waals surface area contributed by atoms with E-state index >= 15 is 0 Å². The number of nitrogens with zero attached hydrogens (tertiary/aromatic N) is 1. The van der Waals surface area contributed by atoms with Crippen LogP contribution in [0, 0.1) is 0 Å². The first-order valence-corrected chi connectivity index (χ1v) is 10.6. The molecule has 0 bridgehead atoms. The number of carboxylic acid groups (broad SMARTS) is 1. The topological polar surface area (TPSA) is 95.8 Å². The van der Waals surface area contributed by atoms with Crippen LogP contribution in [0.4, 0.5) is 0 Å². The number of hydrogen-bond acceptors (Lipinski definition) is 6. The van der Waals surface area contributed by atoms with Crippen molar-refractivity contribution in [1.29, 1.82) is 0 Å². The first kappa shape index (κ1) is 20.0. The minimum absolute atomic E-state index is 0.0393. The number of benzene rings is 2. The maximum absolute atomic E-state index is 11.3. The van der Waals surface area contributed by atoms with Crippen molar-refractivity contribution >= 4 is 32.7 Å². The summed E-state index contributed by atoms with van der Waals surface area (Å²) in [6, 6.07) is 17.9. The van der Waals surface area contributed by atoms with Crippen molar-refractivity contribution in [1.82, 2.24) is 5.32 Å². The fraction of sp³-hybridized carbons (Fsp3) is 0.222. The van der Waals surface area contributed by atoms with E-state index in [1.807, 2.05) is 6.07 Å². The van der Waals surface area contributed by atoms with Crippen LogP contribution in [0.15, 0.2) is 70.6 Å². The fourth-order valence-corrected chi connectivity index (χ4v) is 3.89. The first-order valence-electron chi connectivity index (χ1n) is 7.92. The van der Waals surface area contributed by atoms with Gasteiger partial charge in [-0.15, -0.1) is 0 Å². The Morgan fingerprint density at radius 3 is 2.23 bits per heavy atom. The molecule has 0 unspecified atom stereocenters. The Kier molecular flexibility index (Phi) is 7.68. The zero-order valence-corrected chi connectivity index (χ0v) is 15.7. The maximum Gasteiger partial charge on any atom is 0.319 e. The summed E-state index contributed by atoms with van der Waals surface area (Å²) in [7, 11) is -3.66. The van der Waals surface area contributed by atoms with Gasteiger partial charge in [0.05, 0.1) is 11.4 Å². The number of nitrogens with one attached hydrogen (secondary N) is 1. The first-order chi connectivity index (χ1) is 12.5. The molecule has 6 nitrogen and oxygen atoms in total. The van der Waals surface area contributed by atoms with E-state index in [1.165, 1.54) is 17.7 Å². The molecule has 138 valence electrons. The lowest BCUT2D eigenvalue weighted by molar-refractivity contribution is -0.134. The molecule has 0 saturated carbocycles. The number of amidine groups is 1. The molecule has 0 amide bonds. The monoisotopic (exact) mass is 392 g/mol. The number of aliphatic carboxylic acids is 1. The second kappa shape index (κ2) is 9.98. The minimum Gasteiger partial charge on any atom is -0.480 e. The molecular weight excluding hydrogens is 372 g/mol. The molecular formula is C18H20N2O4S2. The predicted octanol–water partition coefficient (Wildman–Crippen LogP) is 2.42. The van der Waals surface area contributed by atoms with Crippen molar-refractivity contribution in [3.63, 3.8) is 0 Å². The zero-order valence-electron chi connectivity index (χ0n) is 14.0. The molecule has 1 aliphatic heterocycles. The van der Waals surface area contributed by atoms with Gasteiger partial charge in [-0.1, -0.05) is 60.3 Å². The molecule has 0 fully saturated rings. The van der Waals surface area contributed by atoms with E-state index in [0.29, 0.717) is 0 Å². The summed E-state index contributed by atoms with van der Waals surface area (Å²) in [5.41, 5.74) is 1.30. The van der Waals surface area contributed by atoms with Gasteiger partial charge in [-0.2, -0.15) is 0 Å². The number of carbonyl (C=O) groups is 1. The third-order valence-corrected chi connectivity index (χ3v) is 5.84. The number of carboxylic acids is 1. The summed E-state index contributed by atoms with van der Waals surface area (Å²) >= 11 is 1.80. The van der Waals surface area contributed by atoms with Crippen LogP contribution < -0.4 is 5.32 Å². The van der Waals surface area contributed by atoms with E-state index < -0.39 is 21.6 Å². The van der Waals surface area contributed by atoms with E-state index in [9.17, 15) is 13.2 Å². The lowest BCUT2D eigenvalue weighted by atomic mass is 10.2. The summed E-state index contributed by atoms with van der Waals surface area (Å²) in [4.78, 5) is 14.6. The van der Waals surface area contributed by atoms with Crippen LogP contribution >= 0.6 is 11.8 Å². The molecule has 2 N–H and O–H groups in total. The van der Waals surface area contributed by atoms with Crippen molar-refractivity contribution in [2.45, 2.75) is 11.4 Å². The van der Waals surface area contributed by atoms with E-state index in [4.69, 9.17) is 5.11 Å². The standard InChI is InChI=1S/C10H12N2S.C8H8O4S/c1-2-4-9(5-3-1)8-12-10-11-6-7-13-10;9-8(10)6-13(11,12)7-4-2-1-3-5-7/h1-5H,6-8H2,(H,11,12);1-5H,6H2,(H,9,10). The van der Waals surface area contributed by atoms with Gasteiger partial charge in [-0.25, -0.2) is 8.42 Å². The van der Waals surface area contributed by atoms with E-state index in [2.05, 4.69) is 34.6 Å². The van der Waals surface area contributed by atoms with E-state index in [0.717, 1.165) is 24.0 Å². The summed E-state index contributed by atoms with van der Waals surface area (Å²) < 4.78 is 22.5. The quantitative estimate of drug-likeness (QED) is 0.811. The van der Waals surface area contributed by atoms with Gasteiger partial charge < -0.3 is 10.4 Å². The van der Waals surface area contributed by atoms with Crippen molar-refractivity contribution in [2.75, 3.05) is 18.1 Å². The van der Waals surface area contributed by atoms with Gasteiger partial charge in [0, 0.05) is 12.3 Å². The van der Waals surface area contributed by atoms with Crippen LogP contribution in [0.3, 0.4) is 0 Å². The summed E-state index contributed by atoms with van der Waals surface area (Å²) in [6.07, 6.45) is 0. The number of hydrogen-bond donors (Lipinski definition) is 2. The van der Waals surface area contributed by atoms with Crippen LogP contribution in [0.1, 0.15) is 5.56 Å². The van der Waals surface area contributed by atoms with Crippen molar-refractivity contribution in [2.24, 2.45) is 4.99 Å². The van der Waals surface area contributed by atoms with Gasteiger partial charge in [0.1, 0.15) is 0 Å². The third-order valence-electron chi connectivity index (χ3n) is 3.29. The average Bonchev–Trinajstić information content (AvgIpc) is 3.15. The Morgan fingerprint density at radius 2 is 1.69 bits per heavy atom. The largest absolute Gasteiger partial charge is 0.480 e. The second-order valence-corrected chi connectivity index (χ2v) is 8.41. The normalized spacial score (nSPS) is 13.3. The number of aliphatic imine (C=N–C) groups is 1. The molecule has 0 aliphatic carbocycles. The smallest absolute Gasteiger partial charge is 0.319 e. The van der Waals surface area contributed by atoms with Gasteiger partial charge in [0.25, 0.3) is 0 Å². The van der Waals surface area contributed by atoms with E-state index in [-0.39, 0.29) is 4.90 Å². The molecule has 0 atom stereocenters. The SMILES string of the molecule is O=C(O)CS(=O)(=O)c1ccccc1.c1ccc(CNC2=NCCS2)cc1. The molecule has 0 spiro atoms. The van der Waals surface area contributed by atoms with Crippen LogP contribution in [-0.2, 0) is 21.2 Å². The highest BCUT2D eigenvalue weighted by atomic mass is 32.2. The molecule has 0 saturated heterocycles. The summed E-state index contributed by atoms with van der Waals surface area (Å²) in [5, 5.41) is 12.7. The van der Waals surface area contributed by atoms with Crippen molar-refractivity contribution in [3.05, 3.63) is 66.2 Å². The molecule has 8 heteroatoms. The lowest BCUT2D eigenvalue weighted by Gasteiger charge is -2.04. The minimum atomic E-state index is -3.66. The number of thioether (sulfide) groups is 1. The molecule has 2 aromatic carbocycles. The molecule has 0 aromatic heterocycles. The molecule has 3 rings (SSSR count). The van der Waals surface area contributed by atoms with Crippen LogP contribution in [0.25, 0.3) is 0 Å². The molecule has 26 heavy (non-hydrogen) atoms. The number of rotatable bonds is 5. The maximum atomic E-state index is 11.3. The Hall–Kier alpha value is -2.32. The predicted molar refractivity (Wildman–Crippen MR) is 104 cm³/mol. The Bertz CT molecular complexity index is 838. The Balaban J connectivity index is 0.000000187. The summed E-state index contributed by atoms with van der Waals surface area (Å²) in [6.45, 7) is 1.84. The molecule has 0 radical (unpaired) electrons. The summed E-state index contributed by atoms with van der Waals surface area (Å²) in [5.74, 6) is -1.09. The number of sulfone groups is 1. The molecule has 2 aromatic rings. The van der Waals surface area contributed by atoms with Gasteiger partial charge in [-0.05, 0) is 17.7 Å².